The van der Waals surface area contributed by atoms with Crippen molar-refractivity contribution >= 4 is 50.0 Å². The summed E-state index contributed by atoms with van der Waals surface area (Å²) in [4.78, 5) is 47.0. The van der Waals surface area contributed by atoms with Crippen molar-refractivity contribution in [1.82, 2.24) is 9.55 Å². The molecule has 260 valence electrons. The third-order valence-electron chi connectivity index (χ3n) is 7.68. The number of carbonyl (C=O) groups excluding carboxylic acids is 3. The topological polar surface area (TPSA) is 154 Å². The molecule has 0 bridgehead atoms. The molecule has 1 amide bonds. The van der Waals surface area contributed by atoms with Gasteiger partial charge in [-0.15, -0.1) is 5.06 Å². The van der Waals surface area contributed by atoms with E-state index in [4.69, 9.17) is 5.84 Å². The Hall–Kier alpha value is -5.74. The number of nitrogens with two attached hydrogens (primary N) is 1. The number of aromatic nitrogens is 2. The minimum absolute atomic E-state index is 0.0260. The third kappa shape index (κ3) is 7.02. The molecule has 0 saturated heterocycles. The molecule has 0 unspecified atom stereocenters. The monoisotopic (exact) mass is 709 g/mol. The Morgan fingerprint density at radius 3 is 2.26 bits per heavy atom. The minimum Gasteiger partial charge on any atom is -0.450 e. The Kier molecular flexibility index (Phi) is 9.96. The van der Waals surface area contributed by atoms with Crippen LogP contribution in [0.3, 0.4) is 0 Å². The quantitative estimate of drug-likeness (QED) is 0.145. The molecule has 5 rings (SSSR count). The summed E-state index contributed by atoms with van der Waals surface area (Å²) in [5.74, 6) is 3.31. The number of ether oxygens (including phenoxy) is 1. The fraction of sp³-hybridized carbons (Fsp3) is 0.176. The Balaban J connectivity index is 1.68. The van der Waals surface area contributed by atoms with Gasteiger partial charge in [0, 0.05) is 29.5 Å². The standard InChI is InChI=1S/C34H30F3N5O7S/c1-21(2)50(46,47)29-14-13-26(42(33(45)48-3)49-32(44)34(35,36)37)19-27(29)28-10-7-17-40(28)31(43)30(22-8-5-4-6-9-22)41(38)25-12-11-24-20-39-16-15-23(24)18-25/h4-21,30H,38H2,1-3H3/t30-/m1/s1. The number of fused-ring (bicyclic) bond motifs is 1. The molecular weight excluding hydrogens is 679 g/mol. The fourth-order valence-electron chi connectivity index (χ4n) is 5.12. The maximum absolute atomic E-state index is 14.6. The zero-order valence-electron chi connectivity index (χ0n) is 26.7. The summed E-state index contributed by atoms with van der Waals surface area (Å²) < 4.78 is 72.3. The van der Waals surface area contributed by atoms with Gasteiger partial charge in [0.1, 0.15) is 6.04 Å². The fourth-order valence-corrected chi connectivity index (χ4v) is 6.36. The molecule has 0 aliphatic rings. The third-order valence-corrected chi connectivity index (χ3v) is 9.89. The van der Waals surface area contributed by atoms with Gasteiger partial charge in [0.15, 0.2) is 9.84 Å². The number of hydrazine groups is 1. The van der Waals surface area contributed by atoms with Gasteiger partial charge in [-0.2, -0.15) is 13.2 Å². The lowest BCUT2D eigenvalue weighted by atomic mass is 10.0. The Bertz CT molecular complexity index is 2170. The second-order valence-corrected chi connectivity index (χ2v) is 13.6. The molecule has 3 aromatic carbocycles. The van der Waals surface area contributed by atoms with Crippen LogP contribution in [-0.2, 0) is 24.2 Å². The summed E-state index contributed by atoms with van der Waals surface area (Å²) in [7, 11) is -3.29. The molecule has 2 N–H and O–H groups in total. The van der Waals surface area contributed by atoms with Gasteiger partial charge in [0.05, 0.1) is 34.3 Å². The van der Waals surface area contributed by atoms with Crippen LogP contribution >= 0.6 is 0 Å². The number of halogens is 3. The lowest BCUT2D eigenvalue weighted by Crippen LogP contribution is -2.41. The number of anilines is 2. The SMILES string of the molecule is COC(=O)N(OC(=O)C(F)(F)F)c1ccc(S(=O)(=O)C(C)C)c(-c2cccn2C(=O)[C@@H](c2ccccc2)N(N)c2ccc3cnccc3c2)c1. The molecule has 12 nitrogen and oxygen atoms in total. The lowest BCUT2D eigenvalue weighted by molar-refractivity contribution is -0.200. The highest BCUT2D eigenvalue weighted by molar-refractivity contribution is 7.92. The van der Waals surface area contributed by atoms with Crippen LogP contribution in [-0.4, -0.2) is 54.5 Å². The van der Waals surface area contributed by atoms with Gasteiger partial charge in [-0.3, -0.25) is 19.4 Å². The molecule has 0 radical (unpaired) electrons. The summed E-state index contributed by atoms with van der Waals surface area (Å²) in [6.45, 7) is 2.83. The maximum atomic E-state index is 14.6. The van der Waals surface area contributed by atoms with Crippen molar-refractivity contribution in [2.45, 2.75) is 36.2 Å². The van der Waals surface area contributed by atoms with Crippen molar-refractivity contribution in [2.75, 3.05) is 17.2 Å². The number of sulfone groups is 1. The first-order valence-corrected chi connectivity index (χ1v) is 16.4. The molecule has 0 spiro atoms. The van der Waals surface area contributed by atoms with E-state index in [0.717, 1.165) is 40.6 Å². The number of hydroxylamine groups is 1. The van der Waals surface area contributed by atoms with Crippen LogP contribution in [0.2, 0.25) is 0 Å². The highest BCUT2D eigenvalue weighted by Crippen LogP contribution is 2.36. The van der Waals surface area contributed by atoms with E-state index in [0.29, 0.717) is 11.3 Å². The number of rotatable bonds is 8. The average Bonchev–Trinajstić information content (AvgIpc) is 3.60. The number of hydrogen-bond donors (Lipinski definition) is 1. The summed E-state index contributed by atoms with van der Waals surface area (Å²) in [6, 6.07) is 20.3. The number of benzene rings is 3. The minimum atomic E-state index is -5.49. The van der Waals surface area contributed by atoms with Crippen LogP contribution in [0.1, 0.15) is 30.2 Å². The summed E-state index contributed by atoms with van der Waals surface area (Å²) in [6.07, 6.45) is -2.35. The Morgan fingerprint density at radius 1 is 0.900 bits per heavy atom. The van der Waals surface area contributed by atoms with Crippen molar-refractivity contribution < 1.29 is 45.5 Å². The van der Waals surface area contributed by atoms with Crippen molar-refractivity contribution in [1.29, 1.82) is 0 Å². The zero-order valence-corrected chi connectivity index (χ0v) is 27.6. The van der Waals surface area contributed by atoms with E-state index in [1.165, 1.54) is 37.2 Å². The van der Waals surface area contributed by atoms with Crippen molar-refractivity contribution in [3.63, 3.8) is 0 Å². The van der Waals surface area contributed by atoms with E-state index in [1.54, 1.807) is 67.0 Å². The van der Waals surface area contributed by atoms with Crippen LogP contribution in [0, 0.1) is 0 Å². The second kappa shape index (κ2) is 14.0. The van der Waals surface area contributed by atoms with Crippen molar-refractivity contribution in [3.8, 4) is 11.3 Å². The number of hydrogen-bond acceptors (Lipinski definition) is 10. The van der Waals surface area contributed by atoms with E-state index in [1.807, 2.05) is 0 Å². The lowest BCUT2D eigenvalue weighted by Gasteiger charge is -2.30. The summed E-state index contributed by atoms with van der Waals surface area (Å²) >= 11 is 0. The second-order valence-electron chi connectivity index (χ2n) is 11.1. The first kappa shape index (κ1) is 35.6. The number of amides is 1. The highest BCUT2D eigenvalue weighted by Gasteiger charge is 2.44. The molecule has 0 saturated carbocycles. The largest absolute Gasteiger partial charge is 0.493 e. The van der Waals surface area contributed by atoms with Gasteiger partial charge >= 0.3 is 18.2 Å². The van der Waals surface area contributed by atoms with Gasteiger partial charge in [-0.25, -0.2) is 23.8 Å². The molecular formula is C34H30F3N5O7S. The molecule has 2 heterocycles. The molecule has 0 aliphatic heterocycles. The van der Waals surface area contributed by atoms with E-state index in [9.17, 15) is 36.0 Å². The number of alkyl halides is 3. The molecule has 0 fully saturated rings. The van der Waals surface area contributed by atoms with Gasteiger partial charge in [0.25, 0.3) is 5.91 Å². The van der Waals surface area contributed by atoms with E-state index >= 15 is 0 Å². The van der Waals surface area contributed by atoms with E-state index in [2.05, 4.69) is 14.6 Å². The maximum Gasteiger partial charge on any atom is 0.493 e. The van der Waals surface area contributed by atoms with Gasteiger partial charge in [-0.1, -0.05) is 36.4 Å². The molecule has 0 aliphatic carbocycles. The van der Waals surface area contributed by atoms with Crippen LogP contribution in [0.15, 0.2) is 108 Å². The smallest absolute Gasteiger partial charge is 0.450 e. The average molecular weight is 710 g/mol. The summed E-state index contributed by atoms with van der Waals surface area (Å²) in [5, 5.41) is 1.85. The first-order chi connectivity index (χ1) is 23.6. The number of pyridine rings is 1. The number of carbonyl (C=O) groups is 3. The predicted octanol–water partition coefficient (Wildman–Crippen LogP) is 6.24. The van der Waals surface area contributed by atoms with Gasteiger partial charge in [0.2, 0.25) is 0 Å². The zero-order chi connectivity index (χ0) is 36.4. The van der Waals surface area contributed by atoms with Gasteiger partial charge < -0.3 is 9.57 Å². The van der Waals surface area contributed by atoms with Crippen molar-refractivity contribution in [2.24, 2.45) is 5.84 Å². The number of methoxy groups -OCH3 is 1. The molecule has 16 heteroatoms. The van der Waals surface area contributed by atoms with Crippen LogP contribution in [0.5, 0.6) is 0 Å². The Labute approximate surface area is 284 Å². The summed E-state index contributed by atoms with van der Waals surface area (Å²) in [5.41, 5.74) is 0.221. The Morgan fingerprint density at radius 2 is 1.60 bits per heavy atom. The first-order valence-electron chi connectivity index (χ1n) is 14.8. The predicted molar refractivity (Wildman–Crippen MR) is 177 cm³/mol. The number of nitrogens with zero attached hydrogens (tertiary/aromatic N) is 4. The van der Waals surface area contributed by atoms with E-state index < -0.39 is 51.0 Å². The normalized spacial score (nSPS) is 12.4. The van der Waals surface area contributed by atoms with Crippen LogP contribution in [0.4, 0.5) is 29.3 Å². The molecule has 1 atom stereocenters. The van der Waals surface area contributed by atoms with Gasteiger partial charge in [-0.05, 0) is 73.3 Å². The molecule has 5 aromatic rings. The van der Waals surface area contributed by atoms with Crippen LogP contribution in [0.25, 0.3) is 22.0 Å². The van der Waals surface area contributed by atoms with Crippen molar-refractivity contribution in [3.05, 3.63) is 109 Å². The molecule has 2 aromatic heterocycles. The molecule has 50 heavy (non-hydrogen) atoms. The highest BCUT2D eigenvalue weighted by atomic mass is 32.2. The van der Waals surface area contributed by atoms with E-state index in [-0.39, 0.29) is 21.2 Å². The van der Waals surface area contributed by atoms with Crippen LogP contribution < -0.4 is 15.9 Å².